The first-order valence-corrected chi connectivity index (χ1v) is 4.73. The second-order valence-corrected chi connectivity index (χ2v) is 4.01. The van der Waals surface area contributed by atoms with Crippen LogP contribution in [0.5, 0.6) is 0 Å². The average Bonchev–Trinajstić information content (AvgIpc) is 2.35. The summed E-state index contributed by atoms with van der Waals surface area (Å²) in [5, 5.41) is 0. The molecular formula is C10H16OS. The summed E-state index contributed by atoms with van der Waals surface area (Å²) < 4.78 is 5.40. The predicted molar refractivity (Wildman–Crippen MR) is 55.4 cm³/mol. The lowest BCUT2D eigenvalue weighted by atomic mass is 10.0. The maximum Gasteiger partial charge on any atom is 0.0735 e. The van der Waals surface area contributed by atoms with E-state index in [4.69, 9.17) is 4.74 Å². The van der Waals surface area contributed by atoms with Crippen molar-refractivity contribution in [2.24, 2.45) is 5.92 Å². The average molecular weight is 184 g/mol. The van der Waals surface area contributed by atoms with Crippen LogP contribution in [-0.2, 0) is 4.74 Å². The van der Waals surface area contributed by atoms with Crippen LogP contribution in [-0.4, -0.2) is 12.7 Å². The molecule has 1 rings (SSSR count). The molecule has 0 saturated heterocycles. The third kappa shape index (κ3) is 2.68. The molecule has 0 saturated carbocycles. The van der Waals surface area contributed by atoms with Crippen LogP contribution in [0.15, 0.2) is 23.1 Å². The quantitative estimate of drug-likeness (QED) is 0.524. The van der Waals surface area contributed by atoms with Crippen LogP contribution in [0, 0.1) is 5.92 Å². The zero-order valence-electron chi connectivity index (χ0n) is 7.71. The van der Waals surface area contributed by atoms with Gasteiger partial charge in [-0.15, -0.1) is 12.6 Å². The van der Waals surface area contributed by atoms with Gasteiger partial charge in [0, 0.05) is 0 Å². The Morgan fingerprint density at radius 3 is 3.00 bits per heavy atom. The van der Waals surface area contributed by atoms with Gasteiger partial charge in [0.25, 0.3) is 0 Å². The monoisotopic (exact) mass is 184 g/mol. The summed E-state index contributed by atoms with van der Waals surface area (Å²) in [5.74, 6) is 0.452. The van der Waals surface area contributed by atoms with E-state index >= 15 is 0 Å². The van der Waals surface area contributed by atoms with Crippen molar-refractivity contribution in [1.82, 2.24) is 0 Å². The van der Waals surface area contributed by atoms with Gasteiger partial charge in [0.05, 0.1) is 12.7 Å². The molecule has 0 fully saturated rings. The third-order valence-corrected chi connectivity index (χ3v) is 2.58. The van der Waals surface area contributed by atoms with Gasteiger partial charge < -0.3 is 4.74 Å². The minimum atomic E-state index is 0.292. The van der Waals surface area contributed by atoms with Gasteiger partial charge in [-0.05, 0) is 29.7 Å². The van der Waals surface area contributed by atoms with E-state index in [1.807, 2.05) is 0 Å². The van der Waals surface area contributed by atoms with Crippen molar-refractivity contribution in [3.05, 3.63) is 23.1 Å². The lowest BCUT2D eigenvalue weighted by Gasteiger charge is -2.09. The Balaban J connectivity index is 2.41. The van der Waals surface area contributed by atoms with Crippen LogP contribution in [0.4, 0.5) is 0 Å². The normalized spacial score (nSPS) is 25.2. The molecule has 1 aliphatic rings. The molecule has 1 aliphatic heterocycles. The molecule has 0 radical (unpaired) electrons. The number of ether oxygens (including phenoxy) is 1. The maximum absolute atomic E-state index is 5.40. The summed E-state index contributed by atoms with van der Waals surface area (Å²) in [6.07, 6.45) is 3.51. The summed E-state index contributed by atoms with van der Waals surface area (Å²) in [4.78, 5) is 0.954. The number of hydrogen-bond donors (Lipinski definition) is 1. The Morgan fingerprint density at radius 2 is 2.58 bits per heavy atom. The smallest absolute Gasteiger partial charge is 0.0735 e. The summed E-state index contributed by atoms with van der Waals surface area (Å²) >= 11 is 4.23. The molecule has 0 aromatic rings. The molecule has 12 heavy (non-hydrogen) atoms. The highest BCUT2D eigenvalue weighted by atomic mass is 32.1. The van der Waals surface area contributed by atoms with E-state index in [0.29, 0.717) is 12.0 Å². The molecule has 1 nitrogen and oxygen atoms in total. The molecule has 0 amide bonds. The van der Waals surface area contributed by atoms with Gasteiger partial charge in [-0.25, -0.2) is 0 Å². The fourth-order valence-corrected chi connectivity index (χ4v) is 1.40. The zero-order valence-corrected chi connectivity index (χ0v) is 8.60. The van der Waals surface area contributed by atoms with E-state index in [1.165, 1.54) is 5.57 Å². The summed E-state index contributed by atoms with van der Waals surface area (Å²) in [5.41, 5.74) is 1.38. The molecule has 0 aromatic heterocycles. The lowest BCUT2D eigenvalue weighted by molar-refractivity contribution is 0.138. The van der Waals surface area contributed by atoms with Gasteiger partial charge in [-0.3, -0.25) is 0 Å². The van der Waals surface area contributed by atoms with Gasteiger partial charge in [0.2, 0.25) is 0 Å². The van der Waals surface area contributed by atoms with Crippen molar-refractivity contribution in [3.8, 4) is 0 Å². The molecule has 0 aromatic carbocycles. The molecular weight excluding hydrogens is 168 g/mol. The highest BCUT2D eigenvalue weighted by Gasteiger charge is 2.14. The molecule has 0 aliphatic carbocycles. The lowest BCUT2D eigenvalue weighted by Crippen LogP contribution is -1.98. The first-order chi connectivity index (χ1) is 5.59. The van der Waals surface area contributed by atoms with Crippen molar-refractivity contribution in [2.75, 3.05) is 6.61 Å². The minimum Gasteiger partial charge on any atom is -0.370 e. The van der Waals surface area contributed by atoms with Gasteiger partial charge in [0.15, 0.2) is 0 Å². The van der Waals surface area contributed by atoms with Crippen molar-refractivity contribution in [3.63, 3.8) is 0 Å². The topological polar surface area (TPSA) is 9.23 Å². The highest BCUT2D eigenvalue weighted by Crippen LogP contribution is 2.24. The maximum atomic E-state index is 5.40. The number of thiol groups is 1. The Labute approximate surface area is 79.9 Å². The van der Waals surface area contributed by atoms with Crippen LogP contribution < -0.4 is 0 Å². The van der Waals surface area contributed by atoms with E-state index in [2.05, 4.69) is 39.1 Å². The molecule has 2 heteroatoms. The largest absolute Gasteiger partial charge is 0.370 e. The van der Waals surface area contributed by atoms with E-state index in [-0.39, 0.29) is 0 Å². The van der Waals surface area contributed by atoms with Crippen molar-refractivity contribution in [1.29, 1.82) is 0 Å². The molecule has 0 spiro atoms. The van der Waals surface area contributed by atoms with Gasteiger partial charge in [0.1, 0.15) is 0 Å². The summed E-state index contributed by atoms with van der Waals surface area (Å²) in [6, 6.07) is 0. The molecule has 1 heterocycles. The Kier molecular flexibility index (Phi) is 3.41. The van der Waals surface area contributed by atoms with Gasteiger partial charge in [-0.1, -0.05) is 19.6 Å². The first-order valence-electron chi connectivity index (χ1n) is 4.28. The highest BCUT2D eigenvalue weighted by molar-refractivity contribution is 7.84. The van der Waals surface area contributed by atoms with E-state index in [9.17, 15) is 0 Å². The fraction of sp³-hybridized carbons (Fsp3) is 0.600. The SMILES string of the molecule is C=C(S)C(C)CC1=CC(C)OC1. The number of hydrogen-bond acceptors (Lipinski definition) is 2. The van der Waals surface area contributed by atoms with Crippen LogP contribution >= 0.6 is 12.6 Å². The predicted octanol–water partition coefficient (Wildman–Crippen LogP) is 2.80. The fourth-order valence-electron chi connectivity index (χ4n) is 1.30. The molecule has 68 valence electrons. The van der Waals surface area contributed by atoms with Crippen molar-refractivity contribution in [2.45, 2.75) is 26.4 Å². The Morgan fingerprint density at radius 1 is 1.92 bits per heavy atom. The standard InChI is InChI=1S/C10H16OS/c1-7(9(3)12)4-10-5-8(2)11-6-10/h5,7-8,12H,3-4,6H2,1-2H3. The Bertz CT molecular complexity index is 208. The van der Waals surface area contributed by atoms with Gasteiger partial charge in [-0.2, -0.15) is 0 Å². The molecule has 0 N–H and O–H groups in total. The summed E-state index contributed by atoms with van der Waals surface area (Å²) in [7, 11) is 0. The minimum absolute atomic E-state index is 0.292. The second kappa shape index (κ2) is 4.15. The van der Waals surface area contributed by atoms with E-state index < -0.39 is 0 Å². The van der Waals surface area contributed by atoms with Gasteiger partial charge >= 0.3 is 0 Å². The van der Waals surface area contributed by atoms with Crippen LogP contribution in [0.3, 0.4) is 0 Å². The first kappa shape index (κ1) is 9.87. The second-order valence-electron chi connectivity index (χ2n) is 3.44. The van der Waals surface area contributed by atoms with Crippen LogP contribution in [0.2, 0.25) is 0 Å². The number of allylic oxidation sites excluding steroid dienone is 1. The third-order valence-electron chi connectivity index (χ3n) is 2.14. The van der Waals surface area contributed by atoms with Crippen LogP contribution in [0.1, 0.15) is 20.3 Å². The van der Waals surface area contributed by atoms with E-state index in [0.717, 1.165) is 17.9 Å². The molecule has 2 atom stereocenters. The van der Waals surface area contributed by atoms with Crippen molar-refractivity contribution >= 4 is 12.6 Å². The van der Waals surface area contributed by atoms with E-state index in [1.54, 1.807) is 0 Å². The van der Waals surface area contributed by atoms with Crippen LogP contribution in [0.25, 0.3) is 0 Å². The van der Waals surface area contributed by atoms with Crippen molar-refractivity contribution < 1.29 is 4.74 Å². The molecule has 2 unspecified atom stereocenters. The summed E-state index contributed by atoms with van der Waals surface area (Å²) in [6.45, 7) is 8.80. The Hall–Kier alpha value is -0.210. The zero-order chi connectivity index (χ0) is 9.14. The molecule has 0 bridgehead atoms. The number of rotatable bonds is 3.